The summed E-state index contributed by atoms with van der Waals surface area (Å²) in [7, 11) is 2.07. The van der Waals surface area contributed by atoms with Gasteiger partial charge in [0.2, 0.25) is 5.78 Å². The highest BCUT2D eigenvalue weighted by Crippen LogP contribution is 2.26. The van der Waals surface area contributed by atoms with Crippen molar-refractivity contribution in [2.24, 2.45) is 7.05 Å². The minimum Gasteiger partial charge on any atom is -0.313 e. The lowest BCUT2D eigenvalue weighted by Crippen LogP contribution is -1.87. The fraction of sp³-hybridized carbons (Fsp3) is 0.133. The minimum absolute atomic E-state index is 1.00. The first-order valence-corrected chi connectivity index (χ1v) is 6.08. The third-order valence-corrected chi connectivity index (χ3v) is 3.65. The zero-order valence-electron chi connectivity index (χ0n) is 10.4. The maximum atomic E-state index is 4.78. The highest BCUT2D eigenvalue weighted by molar-refractivity contribution is 5.91. The van der Waals surface area contributed by atoms with E-state index in [0.717, 1.165) is 11.3 Å². The molecule has 2 aromatic heterocycles. The lowest BCUT2D eigenvalue weighted by molar-refractivity contribution is 0.973. The summed E-state index contributed by atoms with van der Waals surface area (Å²) in [5.41, 5.74) is 5.92. The van der Waals surface area contributed by atoms with Crippen LogP contribution in [0.2, 0.25) is 0 Å². The highest BCUT2D eigenvalue weighted by atomic mass is 15.2. The second kappa shape index (κ2) is 3.13. The lowest BCUT2D eigenvalue weighted by atomic mass is 10.2. The zero-order chi connectivity index (χ0) is 12.3. The fourth-order valence-corrected chi connectivity index (χ4v) is 2.73. The van der Waals surface area contributed by atoms with Gasteiger partial charge in [-0.3, -0.25) is 4.40 Å². The SMILES string of the molecule is Cc1cccc2c1nc1n(C)c3ccccc3n21. The number of para-hydroxylation sites is 3. The molecular formula is C15H13N3. The lowest BCUT2D eigenvalue weighted by Gasteiger charge is -1.96. The Balaban J connectivity index is 2.39. The summed E-state index contributed by atoms with van der Waals surface area (Å²) in [5.74, 6) is 1.00. The Morgan fingerprint density at radius 1 is 0.889 bits per heavy atom. The number of nitrogens with zero attached hydrogens (tertiary/aromatic N) is 3. The third kappa shape index (κ3) is 1.02. The number of imidazole rings is 2. The maximum absolute atomic E-state index is 4.78. The monoisotopic (exact) mass is 235 g/mol. The topological polar surface area (TPSA) is 22.2 Å². The first-order valence-electron chi connectivity index (χ1n) is 6.08. The first-order chi connectivity index (χ1) is 8.77. The molecule has 0 unspecified atom stereocenters. The maximum Gasteiger partial charge on any atom is 0.215 e. The molecule has 0 aliphatic carbocycles. The summed E-state index contributed by atoms with van der Waals surface area (Å²) in [6.45, 7) is 2.11. The van der Waals surface area contributed by atoms with Crippen LogP contribution in [0.1, 0.15) is 5.56 Å². The molecule has 0 radical (unpaired) electrons. The molecule has 0 amide bonds. The largest absolute Gasteiger partial charge is 0.313 e. The van der Waals surface area contributed by atoms with Crippen molar-refractivity contribution in [1.29, 1.82) is 0 Å². The summed E-state index contributed by atoms with van der Waals surface area (Å²) in [4.78, 5) is 4.78. The van der Waals surface area contributed by atoms with Crippen LogP contribution in [0.3, 0.4) is 0 Å². The number of benzene rings is 2. The van der Waals surface area contributed by atoms with Gasteiger partial charge in [-0.1, -0.05) is 24.3 Å². The standard InChI is InChI=1S/C15H13N3/c1-10-6-5-9-13-14(10)16-15-17(2)11-7-3-4-8-12(11)18(13)15/h3-9H,1-2H3. The van der Waals surface area contributed by atoms with Crippen LogP contribution in [0, 0.1) is 6.92 Å². The van der Waals surface area contributed by atoms with Crippen LogP contribution in [0.5, 0.6) is 0 Å². The van der Waals surface area contributed by atoms with Crippen molar-refractivity contribution in [3.05, 3.63) is 48.0 Å². The molecule has 0 fully saturated rings. The molecule has 0 N–H and O–H groups in total. The van der Waals surface area contributed by atoms with Gasteiger partial charge in [-0.15, -0.1) is 0 Å². The number of hydrogen-bond acceptors (Lipinski definition) is 1. The van der Waals surface area contributed by atoms with Gasteiger partial charge in [-0.25, -0.2) is 4.98 Å². The molecule has 0 atom stereocenters. The van der Waals surface area contributed by atoms with Crippen LogP contribution < -0.4 is 0 Å². The van der Waals surface area contributed by atoms with Gasteiger partial charge in [0.15, 0.2) is 0 Å². The second-order valence-electron chi connectivity index (χ2n) is 4.74. The number of hydrogen-bond donors (Lipinski definition) is 0. The van der Waals surface area contributed by atoms with E-state index in [1.807, 2.05) is 0 Å². The van der Waals surface area contributed by atoms with Crippen molar-refractivity contribution >= 4 is 27.8 Å². The summed E-state index contributed by atoms with van der Waals surface area (Å²) >= 11 is 0. The van der Waals surface area contributed by atoms with Crippen LogP contribution in [-0.4, -0.2) is 14.0 Å². The Kier molecular flexibility index (Phi) is 1.69. The number of rotatable bonds is 0. The van der Waals surface area contributed by atoms with Crippen LogP contribution in [0.25, 0.3) is 27.8 Å². The molecule has 2 heterocycles. The number of aryl methyl sites for hydroxylation is 2. The normalized spacial score (nSPS) is 11.9. The molecule has 3 heteroatoms. The van der Waals surface area contributed by atoms with Crippen molar-refractivity contribution in [3.8, 4) is 0 Å². The molecular weight excluding hydrogens is 222 g/mol. The van der Waals surface area contributed by atoms with E-state index in [1.165, 1.54) is 22.1 Å². The van der Waals surface area contributed by atoms with Gasteiger partial charge in [0.1, 0.15) is 0 Å². The molecule has 4 aromatic rings. The molecule has 18 heavy (non-hydrogen) atoms. The van der Waals surface area contributed by atoms with E-state index >= 15 is 0 Å². The van der Waals surface area contributed by atoms with Gasteiger partial charge >= 0.3 is 0 Å². The highest BCUT2D eigenvalue weighted by Gasteiger charge is 2.13. The third-order valence-electron chi connectivity index (χ3n) is 3.65. The van der Waals surface area contributed by atoms with Crippen molar-refractivity contribution in [2.45, 2.75) is 6.92 Å². The van der Waals surface area contributed by atoms with E-state index in [4.69, 9.17) is 4.98 Å². The van der Waals surface area contributed by atoms with E-state index in [0.29, 0.717) is 0 Å². The van der Waals surface area contributed by atoms with Crippen LogP contribution >= 0.6 is 0 Å². The second-order valence-corrected chi connectivity index (χ2v) is 4.74. The summed E-state index contributed by atoms with van der Waals surface area (Å²) in [6, 6.07) is 14.7. The predicted octanol–water partition coefficient (Wildman–Crippen LogP) is 3.29. The van der Waals surface area contributed by atoms with Gasteiger partial charge in [0, 0.05) is 7.05 Å². The number of fused-ring (bicyclic) bond motifs is 5. The fourth-order valence-electron chi connectivity index (χ4n) is 2.73. The van der Waals surface area contributed by atoms with E-state index in [-0.39, 0.29) is 0 Å². The summed E-state index contributed by atoms with van der Waals surface area (Å²) in [5, 5.41) is 0. The molecule has 0 saturated carbocycles. The van der Waals surface area contributed by atoms with E-state index in [9.17, 15) is 0 Å². The van der Waals surface area contributed by atoms with Crippen LogP contribution in [0.4, 0.5) is 0 Å². The van der Waals surface area contributed by atoms with Crippen molar-refractivity contribution in [2.75, 3.05) is 0 Å². The summed E-state index contributed by atoms with van der Waals surface area (Å²) < 4.78 is 4.38. The van der Waals surface area contributed by atoms with Crippen LogP contribution in [0.15, 0.2) is 42.5 Å². The quantitative estimate of drug-likeness (QED) is 0.458. The summed E-state index contributed by atoms with van der Waals surface area (Å²) in [6.07, 6.45) is 0. The molecule has 0 saturated heterocycles. The van der Waals surface area contributed by atoms with Gasteiger partial charge in [-0.2, -0.15) is 0 Å². The smallest absolute Gasteiger partial charge is 0.215 e. The minimum atomic E-state index is 1.00. The van der Waals surface area contributed by atoms with Crippen molar-refractivity contribution in [3.63, 3.8) is 0 Å². The molecule has 0 aliphatic heterocycles. The Labute approximate surface area is 104 Å². The predicted molar refractivity (Wildman–Crippen MR) is 73.9 cm³/mol. The first kappa shape index (κ1) is 9.71. The average Bonchev–Trinajstić information content (AvgIpc) is 2.89. The van der Waals surface area contributed by atoms with E-state index < -0.39 is 0 Å². The average molecular weight is 235 g/mol. The Hall–Kier alpha value is -2.29. The molecule has 0 aliphatic rings. The molecule has 4 rings (SSSR count). The molecule has 0 spiro atoms. The molecule has 88 valence electrons. The van der Waals surface area contributed by atoms with Crippen molar-refractivity contribution < 1.29 is 0 Å². The Morgan fingerprint density at radius 3 is 2.44 bits per heavy atom. The van der Waals surface area contributed by atoms with Gasteiger partial charge < -0.3 is 4.57 Å². The molecule has 2 aromatic carbocycles. The molecule has 0 bridgehead atoms. The van der Waals surface area contributed by atoms with Gasteiger partial charge in [0.05, 0.1) is 22.1 Å². The van der Waals surface area contributed by atoms with Gasteiger partial charge in [0.25, 0.3) is 0 Å². The zero-order valence-corrected chi connectivity index (χ0v) is 10.4. The van der Waals surface area contributed by atoms with E-state index in [2.05, 4.69) is 65.4 Å². The Bertz CT molecular complexity index is 896. The number of aromatic nitrogens is 3. The van der Waals surface area contributed by atoms with Crippen LogP contribution in [-0.2, 0) is 7.05 Å². The van der Waals surface area contributed by atoms with E-state index in [1.54, 1.807) is 0 Å². The van der Waals surface area contributed by atoms with Gasteiger partial charge in [-0.05, 0) is 30.7 Å². The molecule has 3 nitrogen and oxygen atoms in total. The Morgan fingerprint density at radius 2 is 1.61 bits per heavy atom. The van der Waals surface area contributed by atoms with Crippen molar-refractivity contribution in [1.82, 2.24) is 14.0 Å².